The van der Waals surface area contributed by atoms with Crippen molar-refractivity contribution >= 4 is 0 Å². The number of methoxy groups -OCH3 is 1. The van der Waals surface area contributed by atoms with Gasteiger partial charge in [0.05, 0.1) is 7.11 Å². The molecule has 1 aromatic carbocycles. The van der Waals surface area contributed by atoms with Gasteiger partial charge in [-0.05, 0) is 56.2 Å². The molecule has 0 saturated heterocycles. The first-order chi connectivity index (χ1) is 8.78. The second-order valence-corrected chi connectivity index (χ2v) is 5.11. The van der Waals surface area contributed by atoms with Gasteiger partial charge in [-0.2, -0.15) is 0 Å². The maximum Gasteiger partial charge on any atom is 0.115 e. The Balaban J connectivity index is 1.81. The van der Waals surface area contributed by atoms with Crippen LogP contribution in [0.15, 0.2) is 53.8 Å². The van der Waals surface area contributed by atoms with Crippen molar-refractivity contribution in [3.8, 4) is 0 Å². The van der Waals surface area contributed by atoms with Crippen LogP contribution in [0, 0.1) is 5.92 Å². The minimum atomic E-state index is 0.647. The molecule has 1 atom stereocenters. The van der Waals surface area contributed by atoms with Crippen molar-refractivity contribution in [2.45, 2.75) is 32.6 Å². The summed E-state index contributed by atoms with van der Waals surface area (Å²) in [5.41, 5.74) is 2.87. The maximum atomic E-state index is 5.34. The third kappa shape index (κ3) is 3.76. The molecule has 0 fully saturated rings. The topological polar surface area (TPSA) is 9.23 Å². The van der Waals surface area contributed by atoms with E-state index >= 15 is 0 Å². The molecule has 1 heteroatoms. The van der Waals surface area contributed by atoms with Crippen LogP contribution < -0.4 is 0 Å². The normalized spacial score (nSPS) is 19.1. The molecule has 0 spiro atoms. The SMILES string of the molecule is COC1=CC(CCCc2ccccc2)CC(C)=C1. The average molecular weight is 242 g/mol. The molecule has 1 aromatic rings. The maximum absolute atomic E-state index is 5.34. The number of hydrogen-bond acceptors (Lipinski definition) is 1. The minimum absolute atomic E-state index is 0.647. The zero-order chi connectivity index (χ0) is 12.8. The second-order valence-electron chi connectivity index (χ2n) is 5.11. The predicted molar refractivity (Wildman–Crippen MR) is 76.3 cm³/mol. The zero-order valence-electron chi connectivity index (χ0n) is 11.4. The van der Waals surface area contributed by atoms with E-state index in [1.165, 1.54) is 36.8 Å². The molecule has 0 bridgehead atoms. The van der Waals surface area contributed by atoms with Crippen LogP contribution in [0.1, 0.15) is 31.7 Å². The van der Waals surface area contributed by atoms with Gasteiger partial charge in [0, 0.05) is 0 Å². The van der Waals surface area contributed by atoms with Gasteiger partial charge >= 0.3 is 0 Å². The number of allylic oxidation sites excluding steroid dienone is 3. The van der Waals surface area contributed by atoms with Gasteiger partial charge in [-0.1, -0.05) is 35.9 Å². The first-order valence-electron chi connectivity index (χ1n) is 6.75. The Morgan fingerprint density at radius 3 is 2.72 bits per heavy atom. The molecule has 1 unspecified atom stereocenters. The highest BCUT2D eigenvalue weighted by atomic mass is 16.5. The molecule has 0 saturated carbocycles. The summed E-state index contributed by atoms with van der Waals surface area (Å²) in [6, 6.07) is 10.7. The smallest absolute Gasteiger partial charge is 0.115 e. The van der Waals surface area contributed by atoms with Crippen LogP contribution in [0.5, 0.6) is 0 Å². The molecule has 18 heavy (non-hydrogen) atoms. The number of ether oxygens (including phenoxy) is 1. The fourth-order valence-corrected chi connectivity index (χ4v) is 2.58. The summed E-state index contributed by atoms with van der Waals surface area (Å²) >= 11 is 0. The Hall–Kier alpha value is -1.50. The van der Waals surface area contributed by atoms with Crippen LogP contribution >= 0.6 is 0 Å². The van der Waals surface area contributed by atoms with Crippen molar-refractivity contribution in [3.63, 3.8) is 0 Å². The van der Waals surface area contributed by atoms with Crippen LogP contribution in [0.25, 0.3) is 0 Å². The molecule has 1 aliphatic carbocycles. The van der Waals surface area contributed by atoms with E-state index in [4.69, 9.17) is 4.74 Å². The zero-order valence-corrected chi connectivity index (χ0v) is 11.4. The van der Waals surface area contributed by atoms with Gasteiger partial charge in [0.25, 0.3) is 0 Å². The number of benzene rings is 1. The summed E-state index contributed by atoms with van der Waals surface area (Å²) in [5, 5.41) is 0. The number of aryl methyl sites for hydroxylation is 1. The second kappa shape index (κ2) is 6.44. The van der Waals surface area contributed by atoms with Crippen molar-refractivity contribution in [3.05, 3.63) is 59.4 Å². The number of rotatable bonds is 5. The van der Waals surface area contributed by atoms with Gasteiger partial charge in [0.1, 0.15) is 5.76 Å². The lowest BCUT2D eigenvalue weighted by atomic mass is 9.89. The number of hydrogen-bond donors (Lipinski definition) is 0. The van der Waals surface area contributed by atoms with Gasteiger partial charge in [0.15, 0.2) is 0 Å². The van der Waals surface area contributed by atoms with Crippen LogP contribution in [0.4, 0.5) is 0 Å². The largest absolute Gasteiger partial charge is 0.497 e. The van der Waals surface area contributed by atoms with Gasteiger partial charge < -0.3 is 4.74 Å². The quantitative estimate of drug-likeness (QED) is 0.738. The van der Waals surface area contributed by atoms with Crippen molar-refractivity contribution in [1.29, 1.82) is 0 Å². The van der Waals surface area contributed by atoms with E-state index in [1.807, 2.05) is 0 Å². The fourth-order valence-electron chi connectivity index (χ4n) is 2.58. The molecule has 1 nitrogen and oxygen atoms in total. The molecule has 2 rings (SSSR count). The Labute approximate surface area is 110 Å². The summed E-state index contributed by atoms with van der Waals surface area (Å²) in [6.07, 6.45) is 9.27. The third-order valence-corrected chi connectivity index (χ3v) is 3.49. The highest BCUT2D eigenvalue weighted by Crippen LogP contribution is 2.26. The van der Waals surface area contributed by atoms with Gasteiger partial charge in [-0.25, -0.2) is 0 Å². The van der Waals surface area contributed by atoms with Crippen molar-refractivity contribution < 1.29 is 4.74 Å². The van der Waals surface area contributed by atoms with E-state index in [2.05, 4.69) is 49.4 Å². The summed E-state index contributed by atoms with van der Waals surface area (Å²) in [5.74, 6) is 1.68. The third-order valence-electron chi connectivity index (χ3n) is 3.49. The Morgan fingerprint density at radius 2 is 2.00 bits per heavy atom. The molecule has 1 aliphatic rings. The van der Waals surface area contributed by atoms with E-state index in [0.29, 0.717) is 5.92 Å². The van der Waals surface area contributed by atoms with Gasteiger partial charge in [0.2, 0.25) is 0 Å². The Bertz CT molecular complexity index is 428. The van der Waals surface area contributed by atoms with Crippen molar-refractivity contribution in [1.82, 2.24) is 0 Å². The van der Waals surface area contributed by atoms with Crippen LogP contribution in [-0.4, -0.2) is 7.11 Å². The first-order valence-corrected chi connectivity index (χ1v) is 6.75. The molecule has 0 N–H and O–H groups in total. The minimum Gasteiger partial charge on any atom is -0.497 e. The summed E-state index contributed by atoms with van der Waals surface area (Å²) in [7, 11) is 1.75. The lowest BCUT2D eigenvalue weighted by Crippen LogP contribution is -2.05. The van der Waals surface area contributed by atoms with Crippen molar-refractivity contribution in [2.24, 2.45) is 5.92 Å². The van der Waals surface area contributed by atoms with Gasteiger partial charge in [-0.15, -0.1) is 0 Å². The molecule has 0 radical (unpaired) electrons. The summed E-state index contributed by atoms with van der Waals surface area (Å²) < 4.78 is 5.34. The fraction of sp³-hybridized carbons (Fsp3) is 0.412. The lowest BCUT2D eigenvalue weighted by Gasteiger charge is -2.19. The van der Waals surface area contributed by atoms with E-state index in [1.54, 1.807) is 7.11 Å². The summed E-state index contributed by atoms with van der Waals surface area (Å²) in [6.45, 7) is 2.19. The highest BCUT2D eigenvalue weighted by Gasteiger charge is 2.13. The molecule has 0 aliphatic heterocycles. The van der Waals surface area contributed by atoms with E-state index in [9.17, 15) is 0 Å². The molecular formula is C17H22O. The first kappa shape index (κ1) is 12.9. The lowest BCUT2D eigenvalue weighted by molar-refractivity contribution is 0.297. The van der Waals surface area contributed by atoms with Gasteiger partial charge in [-0.3, -0.25) is 0 Å². The monoisotopic (exact) mass is 242 g/mol. The van der Waals surface area contributed by atoms with Crippen molar-refractivity contribution in [2.75, 3.05) is 7.11 Å². The Morgan fingerprint density at radius 1 is 1.22 bits per heavy atom. The van der Waals surface area contributed by atoms with E-state index in [-0.39, 0.29) is 0 Å². The van der Waals surface area contributed by atoms with E-state index in [0.717, 1.165) is 5.76 Å². The molecule has 0 aromatic heterocycles. The van der Waals surface area contributed by atoms with Crippen LogP contribution in [0.3, 0.4) is 0 Å². The highest BCUT2D eigenvalue weighted by molar-refractivity contribution is 5.24. The Kier molecular flexibility index (Phi) is 4.63. The van der Waals surface area contributed by atoms with Crippen LogP contribution in [0.2, 0.25) is 0 Å². The standard InChI is InChI=1S/C17H22O/c1-14-11-16(13-17(12-14)18-2)10-6-9-15-7-4-3-5-8-15/h3-5,7-8,12-13,16H,6,9-11H2,1-2H3. The molecule has 0 amide bonds. The molecular weight excluding hydrogens is 220 g/mol. The molecule has 0 heterocycles. The average Bonchev–Trinajstić information content (AvgIpc) is 2.39. The molecule has 96 valence electrons. The van der Waals surface area contributed by atoms with E-state index < -0.39 is 0 Å². The summed E-state index contributed by atoms with van der Waals surface area (Å²) in [4.78, 5) is 0. The predicted octanol–water partition coefficient (Wildman–Crippen LogP) is 4.51. The van der Waals surface area contributed by atoms with Crippen LogP contribution in [-0.2, 0) is 11.2 Å².